The van der Waals surface area contributed by atoms with Gasteiger partial charge >= 0.3 is 6.03 Å². The number of benzene rings is 2. The number of halogens is 8. The van der Waals surface area contributed by atoms with E-state index >= 15 is 0 Å². The molecule has 14 heteroatoms. The first-order valence-corrected chi connectivity index (χ1v) is 11.1. The summed E-state index contributed by atoms with van der Waals surface area (Å²) >= 11 is 35.8. The van der Waals surface area contributed by atoms with Gasteiger partial charge in [-0.05, 0) is 30.3 Å². The second kappa shape index (κ2) is 10.7. The molecule has 0 radical (unpaired) electrons. The second-order valence-corrected chi connectivity index (χ2v) is 9.89. The van der Waals surface area contributed by atoms with Crippen LogP contribution in [0.4, 0.5) is 19.3 Å². The summed E-state index contributed by atoms with van der Waals surface area (Å²) in [5.74, 6) is -3.71. The van der Waals surface area contributed by atoms with Gasteiger partial charge in [-0.1, -0.05) is 75.7 Å². The van der Waals surface area contributed by atoms with Crippen molar-refractivity contribution >= 4 is 87.2 Å². The molecule has 0 atom stereocenters. The van der Waals surface area contributed by atoms with Gasteiger partial charge in [-0.3, -0.25) is 10.1 Å². The van der Waals surface area contributed by atoms with E-state index in [9.17, 15) is 18.4 Å². The number of hydrogen-bond donors (Lipinski definition) is 2. The lowest BCUT2D eigenvalue weighted by atomic mass is 10.2. The number of amides is 3. The third-order valence-electron chi connectivity index (χ3n) is 4.01. The minimum Gasteiger partial charge on any atom is -0.434 e. The zero-order valence-corrected chi connectivity index (χ0v) is 20.8. The van der Waals surface area contributed by atoms with Crippen LogP contribution in [0.1, 0.15) is 15.9 Å². The predicted octanol–water partition coefficient (Wildman–Crippen LogP) is 7.90. The molecule has 0 aliphatic carbocycles. The summed E-state index contributed by atoms with van der Waals surface area (Å²) in [7, 11) is 0. The average molecular weight is 590 g/mol. The molecule has 2 N–H and O–H groups in total. The van der Waals surface area contributed by atoms with Crippen molar-refractivity contribution in [3.8, 4) is 11.6 Å². The summed E-state index contributed by atoms with van der Waals surface area (Å²) in [6.07, 6.45) is 1.23. The van der Waals surface area contributed by atoms with Gasteiger partial charge < -0.3 is 10.1 Å². The van der Waals surface area contributed by atoms with Gasteiger partial charge in [0, 0.05) is 17.4 Å². The molecule has 2 aromatic carbocycles. The molecule has 178 valence electrons. The Kier molecular flexibility index (Phi) is 8.34. The fourth-order valence-electron chi connectivity index (χ4n) is 2.52. The van der Waals surface area contributed by atoms with Crippen molar-refractivity contribution in [1.29, 1.82) is 0 Å². The molecule has 0 aliphatic heterocycles. The second-order valence-electron chi connectivity index (χ2n) is 6.38. The van der Waals surface area contributed by atoms with E-state index in [2.05, 4.69) is 10.3 Å². The number of imide groups is 1. The lowest BCUT2D eigenvalue weighted by Crippen LogP contribution is -2.35. The first kappa shape index (κ1) is 26.5. The van der Waals surface area contributed by atoms with Gasteiger partial charge in [-0.25, -0.2) is 18.6 Å². The van der Waals surface area contributed by atoms with E-state index in [0.717, 1.165) is 18.2 Å². The van der Waals surface area contributed by atoms with Gasteiger partial charge in [-0.2, -0.15) is 0 Å². The van der Waals surface area contributed by atoms with Crippen LogP contribution in [-0.4, -0.2) is 16.9 Å². The summed E-state index contributed by atoms with van der Waals surface area (Å²) < 4.78 is 31.2. The molecule has 34 heavy (non-hydrogen) atoms. The van der Waals surface area contributed by atoms with Crippen molar-refractivity contribution in [2.75, 3.05) is 5.32 Å². The molecule has 0 aliphatic rings. The number of hydrogen-bond acceptors (Lipinski definition) is 4. The number of alkyl halides is 3. The molecule has 0 fully saturated rings. The zero-order chi connectivity index (χ0) is 25.2. The van der Waals surface area contributed by atoms with Gasteiger partial charge in [0.2, 0.25) is 9.67 Å². The van der Waals surface area contributed by atoms with Crippen LogP contribution in [0.25, 0.3) is 0 Å². The molecule has 3 amide bonds. The van der Waals surface area contributed by atoms with E-state index in [1.807, 2.05) is 0 Å². The molecule has 0 saturated carbocycles. The largest absolute Gasteiger partial charge is 0.434 e. The molecule has 0 saturated heterocycles. The zero-order valence-electron chi connectivity index (χ0n) is 16.2. The first-order valence-electron chi connectivity index (χ1n) is 8.82. The van der Waals surface area contributed by atoms with Crippen molar-refractivity contribution < 1.29 is 23.1 Å². The molecule has 0 unspecified atom stereocenters. The number of urea groups is 1. The van der Waals surface area contributed by atoms with Crippen LogP contribution < -0.4 is 15.4 Å². The van der Waals surface area contributed by atoms with E-state index in [1.165, 1.54) is 24.4 Å². The summed E-state index contributed by atoms with van der Waals surface area (Å²) in [6.45, 7) is 0. The van der Waals surface area contributed by atoms with Gasteiger partial charge in [0.25, 0.3) is 5.91 Å². The topological polar surface area (TPSA) is 80.3 Å². The number of carbonyl (C=O) groups is 2. The van der Waals surface area contributed by atoms with Gasteiger partial charge in [0.15, 0.2) is 5.75 Å². The Hall–Kier alpha value is -2.07. The third kappa shape index (κ3) is 6.33. The standard InChI is InChI=1S/C20H9Cl6F2N3O3/c21-10-5-9(30-19(33)31-17(32)15-13(27)2-1-3-14(15)28)6-11(22)16(10)34-18-12(23)4-8(7-29-18)20(24,25)26/h1-7H,(H2,30,31,32,33). The van der Waals surface area contributed by atoms with Crippen LogP contribution in [0.15, 0.2) is 42.6 Å². The van der Waals surface area contributed by atoms with Crippen molar-refractivity contribution in [3.05, 3.63) is 80.4 Å². The highest BCUT2D eigenvalue weighted by Crippen LogP contribution is 2.43. The van der Waals surface area contributed by atoms with Crippen molar-refractivity contribution in [2.45, 2.75) is 3.79 Å². The minimum atomic E-state index is -1.75. The van der Waals surface area contributed by atoms with E-state index < -0.39 is 32.9 Å². The number of ether oxygens (including phenoxy) is 1. The number of nitrogens with one attached hydrogen (secondary N) is 2. The Morgan fingerprint density at radius 3 is 2.06 bits per heavy atom. The van der Waals surface area contributed by atoms with Crippen molar-refractivity contribution in [2.24, 2.45) is 0 Å². The molecule has 0 bridgehead atoms. The normalized spacial score (nSPS) is 11.2. The van der Waals surface area contributed by atoms with Crippen LogP contribution in [-0.2, 0) is 3.79 Å². The molecule has 1 heterocycles. The maximum atomic E-state index is 13.7. The average Bonchev–Trinajstić information content (AvgIpc) is 2.70. The minimum absolute atomic E-state index is 0.00331. The van der Waals surface area contributed by atoms with Gasteiger partial charge in [0.1, 0.15) is 22.2 Å². The Bertz CT molecular complexity index is 1240. The molecule has 3 rings (SSSR count). The van der Waals surface area contributed by atoms with E-state index in [1.54, 1.807) is 5.32 Å². The highest BCUT2D eigenvalue weighted by molar-refractivity contribution is 6.66. The number of pyridine rings is 1. The molecule has 3 aromatic rings. The Morgan fingerprint density at radius 1 is 0.941 bits per heavy atom. The fourth-order valence-corrected chi connectivity index (χ4v) is 3.60. The first-order chi connectivity index (χ1) is 15.9. The number of nitrogens with zero attached hydrogens (tertiary/aromatic N) is 1. The summed E-state index contributed by atoms with van der Waals surface area (Å²) in [5.41, 5.74) is -0.683. The predicted molar refractivity (Wildman–Crippen MR) is 128 cm³/mol. The lowest BCUT2D eigenvalue weighted by Gasteiger charge is -2.15. The summed E-state index contributed by atoms with van der Waals surface area (Å²) in [4.78, 5) is 28.1. The fraction of sp³-hybridized carbons (Fsp3) is 0.0500. The number of anilines is 1. The van der Waals surface area contributed by atoms with Crippen molar-refractivity contribution in [3.63, 3.8) is 0 Å². The molecule has 0 spiro atoms. The monoisotopic (exact) mass is 587 g/mol. The summed E-state index contributed by atoms with van der Waals surface area (Å²) in [5, 5.41) is 3.92. The Balaban J connectivity index is 1.74. The Morgan fingerprint density at radius 2 is 1.53 bits per heavy atom. The van der Waals surface area contributed by atoms with Gasteiger partial charge in [0.05, 0.1) is 10.0 Å². The van der Waals surface area contributed by atoms with E-state index in [4.69, 9.17) is 74.3 Å². The Labute approximate surface area is 221 Å². The van der Waals surface area contributed by atoms with E-state index in [-0.39, 0.29) is 37.9 Å². The maximum absolute atomic E-state index is 13.7. The SMILES string of the molecule is O=C(NC(=O)c1c(F)cccc1F)Nc1cc(Cl)c(Oc2ncc(C(Cl)(Cl)Cl)cc2Cl)c(Cl)c1. The number of carbonyl (C=O) groups excluding carboxylic acids is 2. The smallest absolute Gasteiger partial charge is 0.326 e. The highest BCUT2D eigenvalue weighted by Gasteiger charge is 2.25. The summed E-state index contributed by atoms with van der Waals surface area (Å²) in [6, 6.07) is 5.53. The quantitative estimate of drug-likeness (QED) is 0.303. The molecular weight excluding hydrogens is 581 g/mol. The molecular formula is C20H9Cl6F2N3O3. The van der Waals surface area contributed by atoms with Gasteiger partial charge in [-0.15, -0.1) is 0 Å². The van der Waals surface area contributed by atoms with Crippen LogP contribution in [0.5, 0.6) is 11.6 Å². The van der Waals surface area contributed by atoms with Crippen LogP contribution in [0.3, 0.4) is 0 Å². The lowest BCUT2D eigenvalue weighted by molar-refractivity contribution is 0.0959. The number of rotatable bonds is 4. The van der Waals surface area contributed by atoms with Crippen LogP contribution in [0.2, 0.25) is 15.1 Å². The van der Waals surface area contributed by atoms with Crippen molar-refractivity contribution in [1.82, 2.24) is 10.3 Å². The molecule has 6 nitrogen and oxygen atoms in total. The van der Waals surface area contributed by atoms with Crippen LogP contribution in [0, 0.1) is 11.6 Å². The number of aromatic nitrogens is 1. The highest BCUT2D eigenvalue weighted by atomic mass is 35.6. The third-order valence-corrected chi connectivity index (χ3v) is 5.49. The van der Waals surface area contributed by atoms with Crippen LogP contribution >= 0.6 is 69.6 Å². The van der Waals surface area contributed by atoms with E-state index in [0.29, 0.717) is 0 Å². The molecule has 1 aromatic heterocycles. The maximum Gasteiger partial charge on any atom is 0.326 e.